The lowest BCUT2D eigenvalue weighted by Crippen LogP contribution is -2.31. The molecule has 2 aromatic carbocycles. The van der Waals surface area contributed by atoms with E-state index < -0.39 is 0 Å². The molecule has 2 amide bonds. The number of ether oxygens (including phenoxy) is 2. The number of rotatable bonds is 9. The molecule has 1 aromatic heterocycles. The molecule has 0 saturated heterocycles. The second kappa shape index (κ2) is 10.7. The average molecular weight is 456 g/mol. The molecule has 0 bridgehead atoms. The van der Waals surface area contributed by atoms with Crippen molar-refractivity contribution < 1.29 is 19.1 Å². The number of nitrogens with one attached hydrogen (secondary N) is 3. The van der Waals surface area contributed by atoms with Crippen LogP contribution in [0.4, 0.5) is 5.95 Å². The molecule has 3 rings (SSSR count). The van der Waals surface area contributed by atoms with Crippen LogP contribution in [-0.2, 0) is 4.79 Å². The van der Waals surface area contributed by atoms with Gasteiger partial charge in [0.05, 0.1) is 31.1 Å². The van der Waals surface area contributed by atoms with Gasteiger partial charge in [0, 0.05) is 17.0 Å². The molecule has 32 heavy (non-hydrogen) atoms. The Morgan fingerprint density at radius 2 is 1.91 bits per heavy atom. The monoisotopic (exact) mass is 455 g/mol. The van der Waals surface area contributed by atoms with Crippen molar-refractivity contribution in [1.29, 1.82) is 0 Å². The van der Waals surface area contributed by atoms with Gasteiger partial charge in [-0.25, -0.2) is 0 Å². The second-order valence-corrected chi connectivity index (χ2v) is 8.05. The standard InChI is InChI=1S/C22H25N5O4S/c1-13(2)23-19(28)12-32-18-8-6-5-7-16(18)21(29)25-22-24-20(26-27-22)15-10-9-14(30-3)11-17(15)31-4/h5-11,13H,12H2,1-4H3,(H,23,28)(H2,24,25,26,27,29). The highest BCUT2D eigenvalue weighted by Crippen LogP contribution is 2.31. The fourth-order valence-corrected chi connectivity index (χ4v) is 3.75. The minimum atomic E-state index is -0.371. The highest BCUT2D eigenvalue weighted by molar-refractivity contribution is 8.00. The highest BCUT2D eigenvalue weighted by Gasteiger charge is 2.17. The lowest BCUT2D eigenvalue weighted by molar-refractivity contribution is -0.119. The molecular weight excluding hydrogens is 430 g/mol. The zero-order valence-corrected chi connectivity index (χ0v) is 19.1. The molecule has 10 heteroatoms. The molecule has 0 fully saturated rings. The summed E-state index contributed by atoms with van der Waals surface area (Å²) in [4.78, 5) is 29.9. The largest absolute Gasteiger partial charge is 0.497 e. The zero-order valence-electron chi connectivity index (χ0n) is 18.3. The van der Waals surface area contributed by atoms with Gasteiger partial charge in [0.2, 0.25) is 11.9 Å². The average Bonchev–Trinajstić information content (AvgIpc) is 3.25. The molecule has 0 spiro atoms. The van der Waals surface area contributed by atoms with Crippen molar-refractivity contribution in [2.24, 2.45) is 0 Å². The third-order valence-electron chi connectivity index (χ3n) is 4.31. The summed E-state index contributed by atoms with van der Waals surface area (Å²) in [5.74, 6) is 1.52. The Kier molecular flexibility index (Phi) is 7.72. The highest BCUT2D eigenvalue weighted by atomic mass is 32.2. The van der Waals surface area contributed by atoms with Crippen molar-refractivity contribution in [2.45, 2.75) is 24.8 Å². The number of H-pyrrole nitrogens is 1. The smallest absolute Gasteiger partial charge is 0.259 e. The maximum atomic E-state index is 12.8. The van der Waals surface area contributed by atoms with Gasteiger partial charge < -0.3 is 14.8 Å². The van der Waals surface area contributed by atoms with Crippen molar-refractivity contribution in [3.8, 4) is 22.9 Å². The predicted octanol–water partition coefficient (Wildman–Crippen LogP) is 3.36. The van der Waals surface area contributed by atoms with Crippen molar-refractivity contribution in [1.82, 2.24) is 20.5 Å². The number of carbonyl (C=O) groups is 2. The number of hydrogen-bond acceptors (Lipinski definition) is 7. The molecule has 0 aliphatic carbocycles. The van der Waals surface area contributed by atoms with Gasteiger partial charge in [-0.2, -0.15) is 4.98 Å². The van der Waals surface area contributed by atoms with E-state index in [9.17, 15) is 9.59 Å². The van der Waals surface area contributed by atoms with E-state index in [0.29, 0.717) is 33.3 Å². The van der Waals surface area contributed by atoms with E-state index in [-0.39, 0.29) is 29.6 Å². The molecule has 0 aliphatic rings. The lowest BCUT2D eigenvalue weighted by atomic mass is 10.2. The number of aromatic nitrogens is 3. The minimum Gasteiger partial charge on any atom is -0.497 e. The van der Waals surface area contributed by atoms with Crippen LogP contribution >= 0.6 is 11.8 Å². The number of benzene rings is 2. The summed E-state index contributed by atoms with van der Waals surface area (Å²) in [7, 11) is 3.12. The quantitative estimate of drug-likeness (QED) is 0.423. The first-order valence-electron chi connectivity index (χ1n) is 9.88. The molecule has 3 N–H and O–H groups in total. The Hall–Kier alpha value is -3.53. The van der Waals surface area contributed by atoms with Gasteiger partial charge in [-0.1, -0.05) is 12.1 Å². The van der Waals surface area contributed by atoms with E-state index in [4.69, 9.17) is 9.47 Å². The number of methoxy groups -OCH3 is 2. The number of thioether (sulfide) groups is 1. The third kappa shape index (κ3) is 5.79. The van der Waals surface area contributed by atoms with Crippen LogP contribution in [0.2, 0.25) is 0 Å². The Labute approximate surface area is 190 Å². The number of amides is 2. The van der Waals surface area contributed by atoms with Crippen LogP contribution in [0.15, 0.2) is 47.4 Å². The number of nitrogens with zero attached hydrogens (tertiary/aromatic N) is 2. The molecule has 168 valence electrons. The van der Waals surface area contributed by atoms with Gasteiger partial charge in [0.15, 0.2) is 5.82 Å². The summed E-state index contributed by atoms with van der Waals surface area (Å²) in [6, 6.07) is 12.4. The van der Waals surface area contributed by atoms with Gasteiger partial charge in [-0.15, -0.1) is 16.9 Å². The van der Waals surface area contributed by atoms with Crippen molar-refractivity contribution in [2.75, 3.05) is 25.3 Å². The molecule has 0 saturated carbocycles. The Balaban J connectivity index is 1.73. The number of anilines is 1. The molecule has 9 nitrogen and oxygen atoms in total. The van der Waals surface area contributed by atoms with E-state index >= 15 is 0 Å². The van der Waals surface area contributed by atoms with E-state index in [1.165, 1.54) is 11.8 Å². The van der Waals surface area contributed by atoms with Crippen LogP contribution < -0.4 is 20.1 Å². The van der Waals surface area contributed by atoms with Crippen molar-refractivity contribution in [3.63, 3.8) is 0 Å². The van der Waals surface area contributed by atoms with Crippen molar-refractivity contribution >= 4 is 29.5 Å². The predicted molar refractivity (Wildman–Crippen MR) is 123 cm³/mol. The Morgan fingerprint density at radius 3 is 2.62 bits per heavy atom. The van der Waals surface area contributed by atoms with Crippen LogP contribution in [-0.4, -0.2) is 53.0 Å². The number of hydrogen-bond donors (Lipinski definition) is 3. The van der Waals surface area contributed by atoms with E-state index in [1.54, 1.807) is 50.6 Å². The molecule has 0 unspecified atom stereocenters. The number of aromatic amines is 1. The van der Waals surface area contributed by atoms with Crippen LogP contribution in [0.25, 0.3) is 11.4 Å². The van der Waals surface area contributed by atoms with Gasteiger partial charge in [-0.3, -0.25) is 20.0 Å². The first-order chi connectivity index (χ1) is 15.4. The van der Waals surface area contributed by atoms with Gasteiger partial charge in [-0.05, 0) is 38.1 Å². The summed E-state index contributed by atoms with van der Waals surface area (Å²) in [6.07, 6.45) is 0. The van der Waals surface area contributed by atoms with Crippen LogP contribution in [0.3, 0.4) is 0 Å². The fourth-order valence-electron chi connectivity index (χ4n) is 2.89. The number of carbonyl (C=O) groups excluding carboxylic acids is 2. The van der Waals surface area contributed by atoms with Crippen LogP contribution in [0, 0.1) is 0 Å². The molecule has 0 atom stereocenters. The maximum absolute atomic E-state index is 12.8. The third-order valence-corrected chi connectivity index (χ3v) is 5.39. The normalized spacial score (nSPS) is 10.7. The Morgan fingerprint density at radius 1 is 1.12 bits per heavy atom. The zero-order chi connectivity index (χ0) is 23.1. The molecular formula is C22H25N5O4S. The summed E-state index contributed by atoms with van der Waals surface area (Å²) >= 11 is 1.30. The van der Waals surface area contributed by atoms with E-state index in [2.05, 4.69) is 25.8 Å². The molecule has 0 radical (unpaired) electrons. The van der Waals surface area contributed by atoms with Crippen molar-refractivity contribution in [3.05, 3.63) is 48.0 Å². The molecule has 3 aromatic rings. The maximum Gasteiger partial charge on any atom is 0.259 e. The molecule has 0 aliphatic heterocycles. The van der Waals surface area contributed by atoms with Crippen LogP contribution in [0.5, 0.6) is 11.5 Å². The lowest BCUT2D eigenvalue weighted by Gasteiger charge is -2.10. The fraction of sp³-hybridized carbons (Fsp3) is 0.273. The summed E-state index contributed by atoms with van der Waals surface area (Å²) in [5, 5.41) is 12.4. The van der Waals surface area contributed by atoms with E-state index in [1.807, 2.05) is 19.9 Å². The second-order valence-electron chi connectivity index (χ2n) is 7.04. The van der Waals surface area contributed by atoms with Gasteiger partial charge in [0.25, 0.3) is 5.91 Å². The SMILES string of the molecule is COc1ccc(-c2nc(NC(=O)c3ccccc3SCC(=O)NC(C)C)n[nH]2)c(OC)c1. The summed E-state index contributed by atoms with van der Waals surface area (Å²) in [6.45, 7) is 3.80. The first kappa shape index (κ1) is 23.1. The molecule has 1 heterocycles. The van der Waals surface area contributed by atoms with Gasteiger partial charge in [0.1, 0.15) is 11.5 Å². The minimum absolute atomic E-state index is 0.0610. The first-order valence-corrected chi connectivity index (χ1v) is 10.9. The van der Waals surface area contributed by atoms with E-state index in [0.717, 1.165) is 0 Å². The Bertz CT molecular complexity index is 1100. The summed E-state index contributed by atoms with van der Waals surface area (Å²) < 4.78 is 10.6. The van der Waals surface area contributed by atoms with Gasteiger partial charge >= 0.3 is 0 Å². The van der Waals surface area contributed by atoms with Crippen LogP contribution in [0.1, 0.15) is 24.2 Å². The topological polar surface area (TPSA) is 118 Å². The summed E-state index contributed by atoms with van der Waals surface area (Å²) in [5.41, 5.74) is 1.11.